The molecule has 1 aliphatic rings. The molecule has 0 fully saturated rings. The maximum absolute atomic E-state index is 13.1. The van der Waals surface area contributed by atoms with Crippen LogP contribution in [0.15, 0.2) is 47.4 Å². The van der Waals surface area contributed by atoms with Crippen molar-refractivity contribution in [3.05, 3.63) is 53.0 Å². The van der Waals surface area contributed by atoms with E-state index >= 15 is 0 Å². The predicted octanol–water partition coefficient (Wildman–Crippen LogP) is 3.15. The highest BCUT2D eigenvalue weighted by Crippen LogP contribution is 2.36. The Balaban J connectivity index is 2.55. The number of hydrogen-bond donors (Lipinski definition) is 1. The molecule has 0 radical (unpaired) electrons. The number of rotatable bonds is 6. The van der Waals surface area contributed by atoms with Gasteiger partial charge in [-0.1, -0.05) is 12.1 Å². The highest BCUT2D eigenvalue weighted by Gasteiger charge is 2.36. The number of benzene rings is 1. The van der Waals surface area contributed by atoms with Crippen LogP contribution >= 0.6 is 0 Å². The summed E-state index contributed by atoms with van der Waals surface area (Å²) in [4.78, 5) is 13.1. The number of para-hydroxylation sites is 1. The fraction of sp³-hybridized carbons (Fsp3) is 0.389. The summed E-state index contributed by atoms with van der Waals surface area (Å²) in [5.74, 6) is 0.885. The Labute approximate surface area is 136 Å². The minimum atomic E-state index is -0.566. The smallest absolute Gasteiger partial charge is 0.202 e. The third-order valence-electron chi connectivity index (χ3n) is 4.07. The van der Waals surface area contributed by atoms with E-state index in [2.05, 4.69) is 5.32 Å². The fourth-order valence-electron chi connectivity index (χ4n) is 2.68. The van der Waals surface area contributed by atoms with Gasteiger partial charge < -0.3 is 19.5 Å². The zero-order valence-electron chi connectivity index (χ0n) is 14.2. The Morgan fingerprint density at radius 2 is 1.87 bits per heavy atom. The average Bonchev–Trinajstić information content (AvgIpc) is 2.60. The number of carbonyl (C=O) groups is 1. The molecule has 0 saturated heterocycles. The van der Waals surface area contributed by atoms with Crippen molar-refractivity contribution in [2.75, 3.05) is 33.7 Å². The molecule has 0 aromatic heterocycles. The van der Waals surface area contributed by atoms with Gasteiger partial charge in [0.05, 0.1) is 19.8 Å². The lowest BCUT2D eigenvalue weighted by Crippen LogP contribution is -2.31. The average molecular weight is 317 g/mol. The molecule has 5 nitrogen and oxygen atoms in total. The zero-order valence-corrected chi connectivity index (χ0v) is 14.2. The number of ether oxygens (including phenoxy) is 3. The molecule has 0 aliphatic heterocycles. The second-order valence-corrected chi connectivity index (χ2v) is 5.53. The van der Waals surface area contributed by atoms with Crippen LogP contribution in [0.2, 0.25) is 0 Å². The summed E-state index contributed by atoms with van der Waals surface area (Å²) in [6, 6.07) is 7.36. The van der Waals surface area contributed by atoms with Crippen LogP contribution in [0.25, 0.3) is 0 Å². The van der Waals surface area contributed by atoms with Gasteiger partial charge in [-0.25, -0.2) is 0 Å². The largest absolute Gasteiger partial charge is 0.500 e. The van der Waals surface area contributed by atoms with Crippen molar-refractivity contribution in [2.45, 2.75) is 18.9 Å². The third-order valence-corrected chi connectivity index (χ3v) is 4.07. The second-order valence-electron chi connectivity index (χ2n) is 5.53. The molecule has 0 saturated carbocycles. The van der Waals surface area contributed by atoms with E-state index in [1.165, 1.54) is 7.11 Å². The van der Waals surface area contributed by atoms with Crippen LogP contribution in [0, 0.1) is 0 Å². The van der Waals surface area contributed by atoms with Crippen LogP contribution in [0.3, 0.4) is 0 Å². The number of hydrogen-bond acceptors (Lipinski definition) is 5. The normalized spacial score (nSPS) is 20.8. The van der Waals surface area contributed by atoms with Gasteiger partial charge in [0.25, 0.3) is 0 Å². The maximum atomic E-state index is 13.1. The topological polar surface area (TPSA) is 56.8 Å². The minimum Gasteiger partial charge on any atom is -0.500 e. The van der Waals surface area contributed by atoms with Crippen LogP contribution in [0.5, 0.6) is 0 Å². The van der Waals surface area contributed by atoms with Gasteiger partial charge >= 0.3 is 0 Å². The molecule has 2 rings (SSSR count). The molecule has 1 aromatic rings. The second kappa shape index (κ2) is 6.87. The van der Waals surface area contributed by atoms with Crippen LogP contribution < -0.4 is 5.32 Å². The van der Waals surface area contributed by atoms with Crippen molar-refractivity contribution >= 4 is 11.5 Å². The first-order valence-corrected chi connectivity index (χ1v) is 7.40. The minimum absolute atomic E-state index is 0.141. The molecule has 5 heteroatoms. The molecule has 1 unspecified atom stereocenters. The van der Waals surface area contributed by atoms with Crippen molar-refractivity contribution < 1.29 is 19.0 Å². The molecule has 0 amide bonds. The lowest BCUT2D eigenvalue weighted by atomic mass is 9.87. The molecule has 23 heavy (non-hydrogen) atoms. The summed E-state index contributed by atoms with van der Waals surface area (Å²) in [6.45, 7) is 1.92. The van der Waals surface area contributed by atoms with Gasteiger partial charge in [-0.15, -0.1) is 0 Å². The molecular formula is C18H23NO4. The number of nitrogens with one attached hydrogen (secondary N) is 1. The van der Waals surface area contributed by atoms with Crippen molar-refractivity contribution in [1.82, 2.24) is 0 Å². The number of anilines is 1. The van der Waals surface area contributed by atoms with Crippen LogP contribution in [-0.2, 0) is 14.2 Å². The SMILES string of the molecule is CNc1ccccc1C(=O)C1=C(OC)CC(C)(OC)C=C1OC. The molecule has 124 valence electrons. The van der Waals surface area contributed by atoms with Crippen LogP contribution in [0.4, 0.5) is 5.69 Å². The quantitative estimate of drug-likeness (QED) is 0.817. The number of methoxy groups -OCH3 is 3. The Hall–Kier alpha value is -2.27. The molecular weight excluding hydrogens is 294 g/mol. The van der Waals surface area contributed by atoms with Crippen LogP contribution in [0.1, 0.15) is 23.7 Å². The summed E-state index contributed by atoms with van der Waals surface area (Å²) in [7, 11) is 6.51. The highest BCUT2D eigenvalue weighted by molar-refractivity contribution is 6.14. The van der Waals surface area contributed by atoms with Gasteiger partial charge in [0.2, 0.25) is 5.78 Å². The summed E-state index contributed by atoms with van der Waals surface area (Å²) < 4.78 is 16.5. The standard InChI is InChI=1S/C18H23NO4/c1-18(23-5)10-14(21-3)16(15(11-18)22-4)17(20)12-8-6-7-9-13(12)19-2/h6-10,19H,11H2,1-5H3. The van der Waals surface area contributed by atoms with Crippen molar-refractivity contribution in [2.24, 2.45) is 0 Å². The first kappa shape index (κ1) is 17.1. The Kier molecular flexibility index (Phi) is 5.11. The van der Waals surface area contributed by atoms with Gasteiger partial charge in [-0.05, 0) is 25.1 Å². The summed E-state index contributed by atoms with van der Waals surface area (Å²) in [5.41, 5.74) is 1.20. The third kappa shape index (κ3) is 3.24. The van der Waals surface area contributed by atoms with E-state index in [1.54, 1.807) is 27.3 Å². The summed E-state index contributed by atoms with van der Waals surface area (Å²) in [5, 5.41) is 3.04. The molecule has 0 heterocycles. The first-order valence-electron chi connectivity index (χ1n) is 7.40. The lowest BCUT2D eigenvalue weighted by Gasteiger charge is -2.31. The van der Waals surface area contributed by atoms with E-state index < -0.39 is 5.60 Å². The van der Waals surface area contributed by atoms with Gasteiger partial charge in [-0.3, -0.25) is 4.79 Å². The van der Waals surface area contributed by atoms with E-state index in [4.69, 9.17) is 14.2 Å². The maximum Gasteiger partial charge on any atom is 0.202 e. The van der Waals surface area contributed by atoms with Gasteiger partial charge in [-0.2, -0.15) is 0 Å². The highest BCUT2D eigenvalue weighted by atomic mass is 16.5. The Morgan fingerprint density at radius 1 is 1.17 bits per heavy atom. The molecule has 0 bridgehead atoms. The van der Waals surface area contributed by atoms with E-state index in [0.29, 0.717) is 29.1 Å². The molecule has 1 N–H and O–H groups in total. The van der Waals surface area contributed by atoms with Gasteiger partial charge in [0, 0.05) is 31.8 Å². The lowest BCUT2D eigenvalue weighted by molar-refractivity contribution is 0.0293. The van der Waals surface area contributed by atoms with Gasteiger partial charge in [0.15, 0.2) is 0 Å². The molecule has 1 aliphatic carbocycles. The predicted molar refractivity (Wildman–Crippen MR) is 89.5 cm³/mol. The molecule has 0 spiro atoms. The van der Waals surface area contributed by atoms with E-state index in [9.17, 15) is 4.79 Å². The van der Waals surface area contributed by atoms with Crippen molar-refractivity contribution in [1.29, 1.82) is 0 Å². The number of allylic oxidation sites excluding steroid dienone is 1. The number of ketones is 1. The molecule has 1 atom stereocenters. The Morgan fingerprint density at radius 3 is 2.43 bits per heavy atom. The van der Waals surface area contributed by atoms with E-state index in [0.717, 1.165) is 5.69 Å². The molecule has 1 aromatic carbocycles. The van der Waals surface area contributed by atoms with E-state index in [-0.39, 0.29) is 5.78 Å². The van der Waals surface area contributed by atoms with Crippen molar-refractivity contribution in [3.8, 4) is 0 Å². The summed E-state index contributed by atoms with van der Waals surface area (Å²) in [6.07, 6.45) is 2.29. The van der Waals surface area contributed by atoms with E-state index in [1.807, 2.05) is 31.2 Å². The van der Waals surface area contributed by atoms with Crippen molar-refractivity contribution in [3.63, 3.8) is 0 Å². The van der Waals surface area contributed by atoms with Gasteiger partial charge in [0.1, 0.15) is 17.1 Å². The fourth-order valence-corrected chi connectivity index (χ4v) is 2.68. The van der Waals surface area contributed by atoms with Crippen LogP contribution in [-0.4, -0.2) is 39.8 Å². The number of carbonyl (C=O) groups excluding carboxylic acids is 1. The Bertz CT molecular complexity index is 663. The summed E-state index contributed by atoms with van der Waals surface area (Å²) >= 11 is 0. The monoisotopic (exact) mass is 317 g/mol. The number of Topliss-reactive ketones (excluding diaryl/α,β-unsaturated/α-hetero) is 1. The zero-order chi connectivity index (χ0) is 17.0. The first-order chi connectivity index (χ1) is 11.0.